The van der Waals surface area contributed by atoms with Gasteiger partial charge in [-0.2, -0.15) is 5.10 Å². The molecule has 2 rings (SSSR count). The summed E-state index contributed by atoms with van der Waals surface area (Å²) in [6, 6.07) is 0.197. The van der Waals surface area contributed by atoms with Crippen molar-refractivity contribution in [3.8, 4) is 5.88 Å². The minimum atomic E-state index is -0.105. The Labute approximate surface area is 132 Å². The van der Waals surface area contributed by atoms with Crippen LogP contribution < -0.4 is 15.4 Å². The van der Waals surface area contributed by atoms with E-state index in [1.54, 1.807) is 11.8 Å². The lowest BCUT2D eigenvalue weighted by atomic mass is 9.84. The Morgan fingerprint density at radius 2 is 2.23 bits per heavy atom. The molecule has 2 N–H and O–H groups in total. The average molecular weight is 308 g/mol. The van der Waals surface area contributed by atoms with E-state index < -0.39 is 0 Å². The van der Waals surface area contributed by atoms with E-state index in [4.69, 9.17) is 4.74 Å². The van der Waals surface area contributed by atoms with Gasteiger partial charge < -0.3 is 15.4 Å². The Balaban J connectivity index is 1.85. The molecule has 1 aromatic heterocycles. The van der Waals surface area contributed by atoms with Gasteiger partial charge in [0, 0.05) is 13.1 Å². The van der Waals surface area contributed by atoms with Crippen LogP contribution in [0.4, 0.5) is 4.79 Å². The van der Waals surface area contributed by atoms with Crippen LogP contribution in [0.5, 0.6) is 5.88 Å². The predicted octanol–water partition coefficient (Wildman–Crippen LogP) is 2.51. The van der Waals surface area contributed by atoms with E-state index in [0.29, 0.717) is 18.5 Å². The minimum absolute atomic E-state index is 0.105. The minimum Gasteiger partial charge on any atom is -0.481 e. The molecule has 1 heterocycles. The molecular formula is C16H28N4O2. The lowest BCUT2D eigenvalue weighted by molar-refractivity contribution is 0.224. The number of urea groups is 1. The highest BCUT2D eigenvalue weighted by Gasteiger charge is 2.22. The highest BCUT2D eigenvalue weighted by molar-refractivity contribution is 5.74. The van der Waals surface area contributed by atoms with Crippen LogP contribution >= 0.6 is 0 Å². The van der Waals surface area contributed by atoms with Gasteiger partial charge in [-0.25, -0.2) is 9.48 Å². The number of rotatable bonds is 5. The number of nitrogens with one attached hydrogen (secondary N) is 2. The number of nitrogens with zero attached hydrogens (tertiary/aromatic N) is 2. The number of carbonyl (C=O) groups excluding carboxylic acids is 1. The summed E-state index contributed by atoms with van der Waals surface area (Å²) in [7, 11) is 3.45. The summed E-state index contributed by atoms with van der Waals surface area (Å²) in [5, 5.41) is 10.3. The van der Waals surface area contributed by atoms with Gasteiger partial charge in [0.15, 0.2) is 0 Å². The fourth-order valence-corrected chi connectivity index (χ4v) is 3.34. The van der Waals surface area contributed by atoms with Gasteiger partial charge in [-0.1, -0.05) is 26.2 Å². The molecule has 2 atom stereocenters. The summed E-state index contributed by atoms with van der Waals surface area (Å²) in [5.41, 5.74) is 1.80. The zero-order valence-electron chi connectivity index (χ0n) is 14.1. The molecule has 0 bridgehead atoms. The highest BCUT2D eigenvalue weighted by atomic mass is 16.5. The van der Waals surface area contributed by atoms with Crippen LogP contribution in [0.3, 0.4) is 0 Å². The maximum absolute atomic E-state index is 12.1. The second-order valence-electron chi connectivity index (χ2n) is 6.16. The summed E-state index contributed by atoms with van der Waals surface area (Å²) in [4.78, 5) is 12.1. The van der Waals surface area contributed by atoms with Crippen molar-refractivity contribution in [2.45, 2.75) is 58.5 Å². The lowest BCUT2D eigenvalue weighted by Crippen LogP contribution is -2.43. The first kappa shape index (κ1) is 16.6. The van der Waals surface area contributed by atoms with E-state index in [2.05, 4.69) is 22.7 Å². The first-order chi connectivity index (χ1) is 10.5. The molecule has 0 saturated heterocycles. The van der Waals surface area contributed by atoms with Gasteiger partial charge in [-0.15, -0.1) is 0 Å². The Morgan fingerprint density at radius 1 is 1.45 bits per heavy atom. The van der Waals surface area contributed by atoms with Gasteiger partial charge in [0.2, 0.25) is 5.88 Å². The van der Waals surface area contributed by atoms with E-state index >= 15 is 0 Å². The molecule has 0 aliphatic heterocycles. The molecular weight excluding hydrogens is 280 g/mol. The molecule has 0 unspecified atom stereocenters. The van der Waals surface area contributed by atoms with Gasteiger partial charge in [-0.3, -0.25) is 0 Å². The Hall–Kier alpha value is -1.72. The normalized spacial score (nSPS) is 21.5. The van der Waals surface area contributed by atoms with E-state index in [-0.39, 0.29) is 6.03 Å². The quantitative estimate of drug-likeness (QED) is 0.878. The summed E-state index contributed by atoms with van der Waals surface area (Å²) < 4.78 is 7.03. The van der Waals surface area contributed by atoms with Crippen LogP contribution in [0.15, 0.2) is 0 Å². The van der Waals surface area contributed by atoms with Crippen molar-refractivity contribution in [3.63, 3.8) is 0 Å². The van der Waals surface area contributed by atoms with Crippen molar-refractivity contribution >= 4 is 6.03 Å². The molecule has 1 saturated carbocycles. The van der Waals surface area contributed by atoms with Crippen LogP contribution in [-0.2, 0) is 13.6 Å². The van der Waals surface area contributed by atoms with Crippen LogP contribution in [0.2, 0.25) is 0 Å². The third-order valence-electron chi connectivity index (χ3n) is 4.60. The first-order valence-electron chi connectivity index (χ1n) is 8.16. The Bertz CT molecular complexity index is 512. The summed E-state index contributed by atoms with van der Waals surface area (Å²) >= 11 is 0. The molecule has 1 aliphatic rings. The monoisotopic (exact) mass is 308 g/mol. The van der Waals surface area contributed by atoms with Crippen molar-refractivity contribution in [2.75, 3.05) is 7.11 Å². The van der Waals surface area contributed by atoms with Crippen molar-refractivity contribution in [3.05, 3.63) is 11.3 Å². The smallest absolute Gasteiger partial charge is 0.315 e. The lowest BCUT2D eigenvalue weighted by Gasteiger charge is -2.29. The first-order valence-corrected chi connectivity index (χ1v) is 8.16. The number of methoxy groups -OCH3 is 1. The van der Waals surface area contributed by atoms with Gasteiger partial charge in [-0.05, 0) is 25.7 Å². The predicted molar refractivity (Wildman–Crippen MR) is 85.9 cm³/mol. The number of ether oxygens (including phenoxy) is 1. The number of carbonyl (C=O) groups is 1. The Morgan fingerprint density at radius 3 is 2.91 bits per heavy atom. The number of amides is 2. The van der Waals surface area contributed by atoms with Gasteiger partial charge in [0.1, 0.15) is 0 Å². The maximum atomic E-state index is 12.1. The van der Waals surface area contributed by atoms with E-state index in [9.17, 15) is 4.79 Å². The molecule has 22 heavy (non-hydrogen) atoms. The van der Waals surface area contributed by atoms with Crippen molar-refractivity contribution < 1.29 is 9.53 Å². The summed E-state index contributed by atoms with van der Waals surface area (Å²) in [5.74, 6) is 1.45. The fourth-order valence-electron chi connectivity index (χ4n) is 3.34. The third-order valence-corrected chi connectivity index (χ3v) is 4.60. The average Bonchev–Trinajstić information content (AvgIpc) is 2.78. The molecule has 124 valence electrons. The standard InChI is InChI=1S/C16H28N4O2/c1-5-12-7-6-8-13(9-12)18-16(21)17-10-14-11(2)19-20(3)15(14)22-4/h12-13H,5-10H2,1-4H3,(H2,17,18,21)/t12-,13-/m1/s1. The molecule has 0 aromatic carbocycles. The van der Waals surface area contributed by atoms with E-state index in [0.717, 1.165) is 30.0 Å². The maximum Gasteiger partial charge on any atom is 0.315 e. The molecule has 0 spiro atoms. The molecule has 0 radical (unpaired) electrons. The van der Waals surface area contributed by atoms with Crippen molar-refractivity contribution in [2.24, 2.45) is 13.0 Å². The zero-order chi connectivity index (χ0) is 16.1. The van der Waals surface area contributed by atoms with Crippen LogP contribution in [0.1, 0.15) is 50.3 Å². The zero-order valence-corrected chi connectivity index (χ0v) is 14.1. The van der Waals surface area contributed by atoms with Gasteiger partial charge in [0.05, 0.1) is 24.9 Å². The number of hydrogen-bond acceptors (Lipinski definition) is 3. The molecule has 1 aromatic rings. The molecule has 1 aliphatic carbocycles. The van der Waals surface area contributed by atoms with Crippen molar-refractivity contribution in [1.82, 2.24) is 20.4 Å². The molecule has 2 amide bonds. The van der Waals surface area contributed by atoms with Crippen molar-refractivity contribution in [1.29, 1.82) is 0 Å². The fraction of sp³-hybridized carbons (Fsp3) is 0.750. The van der Waals surface area contributed by atoms with Crippen LogP contribution in [0, 0.1) is 12.8 Å². The number of aryl methyl sites for hydroxylation is 2. The van der Waals surface area contributed by atoms with E-state index in [1.807, 2.05) is 14.0 Å². The largest absolute Gasteiger partial charge is 0.481 e. The van der Waals surface area contributed by atoms with Crippen LogP contribution in [-0.4, -0.2) is 29.0 Å². The highest BCUT2D eigenvalue weighted by Crippen LogP contribution is 2.26. The Kier molecular flexibility index (Phi) is 5.69. The second kappa shape index (κ2) is 7.51. The third kappa shape index (κ3) is 3.93. The number of hydrogen-bond donors (Lipinski definition) is 2. The summed E-state index contributed by atoms with van der Waals surface area (Å²) in [6.45, 7) is 4.58. The second-order valence-corrected chi connectivity index (χ2v) is 6.16. The van der Waals surface area contributed by atoms with Gasteiger partial charge >= 0.3 is 6.03 Å². The van der Waals surface area contributed by atoms with E-state index in [1.165, 1.54) is 19.3 Å². The topological polar surface area (TPSA) is 68.2 Å². The molecule has 6 nitrogen and oxygen atoms in total. The van der Waals surface area contributed by atoms with Crippen LogP contribution in [0.25, 0.3) is 0 Å². The molecule has 1 fully saturated rings. The number of aromatic nitrogens is 2. The van der Waals surface area contributed by atoms with Gasteiger partial charge in [0.25, 0.3) is 0 Å². The SMILES string of the molecule is CC[C@@H]1CCC[C@@H](NC(=O)NCc2c(C)nn(C)c2OC)C1. The summed E-state index contributed by atoms with van der Waals surface area (Å²) in [6.07, 6.45) is 5.88. The molecule has 6 heteroatoms.